The third kappa shape index (κ3) is 3.56. The number of hydrogen-bond acceptors (Lipinski definition) is 8. The quantitative estimate of drug-likeness (QED) is 0.617. The fraction of sp³-hybridized carbons (Fsp3) is 0.455. The molecule has 1 unspecified atom stereocenters. The molecule has 4 rings (SSSR count). The summed E-state index contributed by atoms with van der Waals surface area (Å²) < 4.78 is 6.06. The van der Waals surface area contributed by atoms with Crippen molar-refractivity contribution < 1.29 is 9.21 Å². The predicted molar refractivity (Wildman–Crippen MR) is 122 cm³/mol. The van der Waals surface area contributed by atoms with Gasteiger partial charge in [0.15, 0.2) is 5.58 Å². The summed E-state index contributed by atoms with van der Waals surface area (Å²) >= 11 is 1.57. The number of nitrogens with zero attached hydrogens (tertiary/aromatic N) is 6. The van der Waals surface area contributed by atoms with Gasteiger partial charge in [-0.25, -0.2) is 9.97 Å². The number of carbonyl (C=O) groups excluding carboxylic acids is 1. The van der Waals surface area contributed by atoms with Crippen LogP contribution in [0.5, 0.6) is 0 Å². The van der Waals surface area contributed by atoms with Crippen molar-refractivity contribution in [3.63, 3.8) is 0 Å². The number of rotatable bonds is 4. The Bertz CT molecular complexity index is 1200. The molecule has 3 heterocycles. The molecule has 0 aliphatic carbocycles. The van der Waals surface area contributed by atoms with Crippen molar-refractivity contribution in [3.8, 4) is 17.3 Å². The van der Waals surface area contributed by atoms with Gasteiger partial charge in [0.05, 0.1) is 22.0 Å². The number of amides is 1. The average molecular weight is 439 g/mol. The van der Waals surface area contributed by atoms with Crippen LogP contribution >= 0.6 is 11.3 Å². The highest BCUT2D eigenvalue weighted by Gasteiger charge is 2.33. The Morgan fingerprint density at radius 3 is 2.58 bits per heavy atom. The predicted octanol–water partition coefficient (Wildman–Crippen LogP) is 3.28. The number of fused-ring (bicyclic) bond motifs is 1. The van der Waals surface area contributed by atoms with Crippen molar-refractivity contribution in [2.24, 2.45) is 0 Å². The number of thiazole rings is 1. The Kier molecular flexibility index (Phi) is 5.45. The fourth-order valence-corrected chi connectivity index (χ4v) is 4.73. The van der Waals surface area contributed by atoms with Gasteiger partial charge in [0.1, 0.15) is 11.6 Å². The van der Waals surface area contributed by atoms with Crippen molar-refractivity contribution in [2.45, 2.75) is 26.3 Å². The fourth-order valence-electron chi connectivity index (χ4n) is 4.12. The second kappa shape index (κ2) is 7.94. The molecule has 3 aromatic rings. The Morgan fingerprint density at radius 1 is 1.29 bits per heavy atom. The minimum Gasteiger partial charge on any atom is -0.430 e. The first-order valence-electron chi connectivity index (χ1n) is 10.2. The molecule has 1 fully saturated rings. The molecule has 0 bridgehead atoms. The molecule has 162 valence electrons. The van der Waals surface area contributed by atoms with E-state index in [-0.39, 0.29) is 11.8 Å². The van der Waals surface area contributed by atoms with Crippen LogP contribution in [0.2, 0.25) is 0 Å². The molecule has 9 heteroatoms. The van der Waals surface area contributed by atoms with E-state index in [1.165, 1.54) is 4.90 Å². The van der Waals surface area contributed by atoms with Gasteiger partial charge in [-0.1, -0.05) is 0 Å². The van der Waals surface area contributed by atoms with E-state index in [2.05, 4.69) is 34.9 Å². The molecular weight excluding hydrogens is 412 g/mol. The third-order valence-electron chi connectivity index (χ3n) is 5.85. The summed E-state index contributed by atoms with van der Waals surface area (Å²) in [6.07, 6.45) is 1.01. The van der Waals surface area contributed by atoms with E-state index in [1.54, 1.807) is 25.4 Å². The van der Waals surface area contributed by atoms with Crippen LogP contribution in [0.1, 0.15) is 33.2 Å². The number of nitriles is 1. The minimum atomic E-state index is -0.331. The number of likely N-dealkylation sites (N-methyl/N-ethyl adjacent to an activating group) is 1. The van der Waals surface area contributed by atoms with E-state index in [1.807, 2.05) is 19.2 Å². The number of carbonyl (C=O) groups is 1. The third-order valence-corrected chi connectivity index (χ3v) is 6.63. The Balaban J connectivity index is 2.03. The topological polar surface area (TPSA) is 89.5 Å². The zero-order chi connectivity index (χ0) is 22.4. The van der Waals surface area contributed by atoms with Crippen molar-refractivity contribution >= 4 is 34.0 Å². The number of benzene rings is 1. The molecule has 1 atom stereocenters. The maximum atomic E-state index is 12.6. The lowest BCUT2D eigenvalue weighted by molar-refractivity contribution is 0.0791. The van der Waals surface area contributed by atoms with Gasteiger partial charge in [0, 0.05) is 44.2 Å². The van der Waals surface area contributed by atoms with E-state index >= 15 is 0 Å². The van der Waals surface area contributed by atoms with Gasteiger partial charge in [-0.3, -0.25) is 4.79 Å². The maximum absolute atomic E-state index is 12.6. The van der Waals surface area contributed by atoms with Gasteiger partial charge in [-0.15, -0.1) is 11.3 Å². The highest BCUT2D eigenvalue weighted by atomic mass is 32.1. The Morgan fingerprint density at radius 2 is 2.03 bits per heavy atom. The SMILES string of the molecule is Cc1nc(-c2c(C)c(C#N)c3nc(C(=O)N(C)C)oc3c2N2CCC(N(C)C)C2)cs1. The number of aryl methyl sites for hydroxylation is 1. The highest BCUT2D eigenvalue weighted by molar-refractivity contribution is 7.09. The van der Waals surface area contributed by atoms with Crippen LogP contribution in [0.15, 0.2) is 9.80 Å². The smallest absolute Gasteiger partial charge is 0.309 e. The van der Waals surface area contributed by atoms with Gasteiger partial charge in [0.25, 0.3) is 5.89 Å². The second-order valence-corrected chi connectivity index (χ2v) is 9.40. The standard InChI is InChI=1S/C22H26N6O2S/c1-12-15(9-23)18-20(30-21(25-18)22(29)27(5)6)19(17(12)16-11-31-13(2)24-16)28-8-7-14(10-28)26(3)4/h11,14H,7-8,10H2,1-6H3. The Labute approximate surface area is 185 Å². The van der Waals surface area contributed by atoms with E-state index in [0.717, 1.165) is 47.0 Å². The van der Waals surface area contributed by atoms with E-state index in [4.69, 9.17) is 9.40 Å². The largest absolute Gasteiger partial charge is 0.430 e. The normalized spacial score (nSPS) is 16.3. The van der Waals surface area contributed by atoms with Gasteiger partial charge in [-0.05, 0) is 39.9 Å². The average Bonchev–Trinajstić information content (AvgIpc) is 3.45. The molecule has 1 amide bonds. The zero-order valence-electron chi connectivity index (χ0n) is 18.7. The Hall–Kier alpha value is -2.96. The number of aromatic nitrogens is 2. The molecule has 8 nitrogen and oxygen atoms in total. The van der Waals surface area contributed by atoms with Crippen molar-refractivity contribution in [3.05, 3.63) is 27.4 Å². The molecule has 2 aromatic heterocycles. The van der Waals surface area contributed by atoms with Crippen molar-refractivity contribution in [1.29, 1.82) is 5.26 Å². The number of hydrogen-bond donors (Lipinski definition) is 0. The summed E-state index contributed by atoms with van der Waals surface area (Å²) in [4.78, 5) is 27.7. The van der Waals surface area contributed by atoms with Crippen LogP contribution in [0.25, 0.3) is 22.4 Å². The molecule has 31 heavy (non-hydrogen) atoms. The molecule has 1 aliphatic rings. The highest BCUT2D eigenvalue weighted by Crippen LogP contribution is 2.44. The van der Waals surface area contributed by atoms with Crippen LogP contribution < -0.4 is 4.90 Å². The molecule has 0 N–H and O–H groups in total. The minimum absolute atomic E-state index is 0.00730. The maximum Gasteiger partial charge on any atom is 0.309 e. The summed E-state index contributed by atoms with van der Waals surface area (Å²) in [6, 6.07) is 2.69. The molecule has 0 saturated carbocycles. The van der Waals surface area contributed by atoms with E-state index in [9.17, 15) is 10.1 Å². The van der Waals surface area contributed by atoms with Crippen molar-refractivity contribution in [2.75, 3.05) is 46.2 Å². The lowest BCUT2D eigenvalue weighted by Gasteiger charge is -2.25. The monoisotopic (exact) mass is 438 g/mol. The van der Waals surface area contributed by atoms with Crippen LogP contribution in [0, 0.1) is 25.2 Å². The summed E-state index contributed by atoms with van der Waals surface area (Å²) in [6.45, 7) is 5.55. The number of oxazole rings is 1. The van der Waals surface area contributed by atoms with E-state index in [0.29, 0.717) is 22.7 Å². The first-order chi connectivity index (χ1) is 14.7. The first-order valence-corrected chi connectivity index (χ1v) is 11.0. The molecule has 0 radical (unpaired) electrons. The molecule has 0 spiro atoms. The summed E-state index contributed by atoms with van der Waals surface area (Å²) in [5.41, 5.74) is 4.71. The molecule has 1 saturated heterocycles. The van der Waals surface area contributed by atoms with Crippen LogP contribution in [-0.4, -0.2) is 73.0 Å². The van der Waals surface area contributed by atoms with Gasteiger partial charge in [0.2, 0.25) is 0 Å². The van der Waals surface area contributed by atoms with Gasteiger partial charge < -0.3 is 19.1 Å². The molecule has 1 aromatic carbocycles. The summed E-state index contributed by atoms with van der Waals surface area (Å²) in [5.74, 6) is -0.338. The summed E-state index contributed by atoms with van der Waals surface area (Å²) in [5, 5.41) is 12.9. The lowest BCUT2D eigenvalue weighted by atomic mass is 9.96. The van der Waals surface area contributed by atoms with Gasteiger partial charge in [-0.2, -0.15) is 5.26 Å². The summed E-state index contributed by atoms with van der Waals surface area (Å²) in [7, 11) is 7.47. The van der Waals surface area contributed by atoms with Crippen LogP contribution in [0.4, 0.5) is 5.69 Å². The molecule has 1 aliphatic heterocycles. The van der Waals surface area contributed by atoms with Gasteiger partial charge >= 0.3 is 5.91 Å². The lowest BCUT2D eigenvalue weighted by Crippen LogP contribution is -2.31. The van der Waals surface area contributed by atoms with E-state index < -0.39 is 0 Å². The second-order valence-electron chi connectivity index (χ2n) is 8.34. The van der Waals surface area contributed by atoms with Crippen LogP contribution in [-0.2, 0) is 0 Å². The first kappa shape index (κ1) is 21.3. The molecular formula is C22H26N6O2S. The zero-order valence-corrected chi connectivity index (χ0v) is 19.5. The van der Waals surface area contributed by atoms with Crippen LogP contribution in [0.3, 0.4) is 0 Å². The number of anilines is 1. The van der Waals surface area contributed by atoms with Crippen molar-refractivity contribution in [1.82, 2.24) is 19.8 Å².